The van der Waals surface area contributed by atoms with Gasteiger partial charge in [-0.25, -0.2) is 4.39 Å². The second kappa shape index (κ2) is 6.32. The van der Waals surface area contributed by atoms with Gasteiger partial charge >= 0.3 is 0 Å². The molecule has 1 saturated heterocycles. The number of halogens is 2. The summed E-state index contributed by atoms with van der Waals surface area (Å²) in [5.74, 6) is -0.656. The monoisotopic (exact) mass is 286 g/mol. The molecule has 0 atom stereocenters. The number of aliphatic hydroxyl groups is 1. The van der Waals surface area contributed by atoms with E-state index in [4.69, 9.17) is 16.7 Å². The van der Waals surface area contributed by atoms with Crippen LogP contribution in [0, 0.1) is 5.82 Å². The van der Waals surface area contributed by atoms with Crippen LogP contribution >= 0.6 is 11.6 Å². The molecule has 1 aliphatic rings. The van der Waals surface area contributed by atoms with Gasteiger partial charge in [-0.15, -0.1) is 0 Å². The number of nitrogens with zero attached hydrogens (tertiary/aromatic N) is 2. The molecule has 1 N–H and O–H groups in total. The normalized spacial score (nSPS) is 16.7. The molecule has 1 fully saturated rings. The van der Waals surface area contributed by atoms with Crippen molar-refractivity contribution in [3.05, 3.63) is 34.6 Å². The van der Waals surface area contributed by atoms with Gasteiger partial charge in [-0.3, -0.25) is 9.69 Å². The van der Waals surface area contributed by atoms with Gasteiger partial charge < -0.3 is 10.0 Å². The highest BCUT2D eigenvalue weighted by Crippen LogP contribution is 2.21. The van der Waals surface area contributed by atoms with Crippen molar-refractivity contribution in [1.29, 1.82) is 0 Å². The highest BCUT2D eigenvalue weighted by molar-refractivity contribution is 6.31. The maximum Gasteiger partial charge on any atom is 0.248 e. The molecule has 0 spiro atoms. The zero-order chi connectivity index (χ0) is 13.8. The number of benzene rings is 1. The molecule has 0 unspecified atom stereocenters. The number of rotatable bonds is 3. The Hall–Kier alpha value is -1.17. The number of aliphatic hydroxyl groups excluding tert-OH is 1. The van der Waals surface area contributed by atoms with Crippen LogP contribution in [0.25, 0.3) is 0 Å². The van der Waals surface area contributed by atoms with Crippen molar-refractivity contribution in [2.75, 3.05) is 32.8 Å². The number of hydrogen-bond acceptors (Lipinski definition) is 3. The van der Waals surface area contributed by atoms with E-state index in [1.165, 1.54) is 6.07 Å². The van der Waals surface area contributed by atoms with Gasteiger partial charge in [0.2, 0.25) is 5.91 Å². The summed E-state index contributed by atoms with van der Waals surface area (Å²) in [6.07, 6.45) is 0. The van der Waals surface area contributed by atoms with Crippen LogP contribution in [0.5, 0.6) is 0 Å². The molecule has 19 heavy (non-hydrogen) atoms. The number of piperazine rings is 1. The fourth-order valence-electron chi connectivity index (χ4n) is 2.17. The van der Waals surface area contributed by atoms with E-state index in [0.29, 0.717) is 32.7 Å². The van der Waals surface area contributed by atoms with Gasteiger partial charge in [0.25, 0.3) is 0 Å². The Bertz CT molecular complexity index is 462. The Balaban J connectivity index is 1.92. The largest absolute Gasteiger partial charge is 0.387 e. The Labute approximate surface area is 116 Å². The molecule has 1 aliphatic heterocycles. The predicted molar refractivity (Wildman–Crippen MR) is 70.4 cm³/mol. The van der Waals surface area contributed by atoms with Crippen LogP contribution in [-0.4, -0.2) is 53.6 Å². The minimum absolute atomic E-state index is 0.163. The van der Waals surface area contributed by atoms with Crippen molar-refractivity contribution >= 4 is 17.5 Å². The number of carbonyl (C=O) groups is 1. The molecule has 2 rings (SSSR count). The van der Waals surface area contributed by atoms with E-state index in [-0.39, 0.29) is 10.9 Å². The summed E-state index contributed by atoms with van der Waals surface area (Å²) in [5, 5.41) is 8.95. The summed E-state index contributed by atoms with van der Waals surface area (Å²) < 4.78 is 13.3. The van der Waals surface area contributed by atoms with Crippen LogP contribution in [0.1, 0.15) is 5.56 Å². The van der Waals surface area contributed by atoms with Gasteiger partial charge in [0.1, 0.15) is 12.4 Å². The van der Waals surface area contributed by atoms with E-state index in [9.17, 15) is 9.18 Å². The van der Waals surface area contributed by atoms with Crippen molar-refractivity contribution in [3.8, 4) is 0 Å². The van der Waals surface area contributed by atoms with Crippen molar-refractivity contribution in [2.24, 2.45) is 0 Å². The quantitative estimate of drug-likeness (QED) is 0.905. The molecule has 1 aromatic carbocycles. The van der Waals surface area contributed by atoms with Crippen LogP contribution in [0.4, 0.5) is 4.39 Å². The molecule has 1 aromatic rings. The highest BCUT2D eigenvalue weighted by atomic mass is 35.5. The summed E-state index contributed by atoms with van der Waals surface area (Å²) in [7, 11) is 0. The smallest absolute Gasteiger partial charge is 0.248 e. The molecule has 1 amide bonds. The summed E-state index contributed by atoms with van der Waals surface area (Å²) in [5.41, 5.74) is 0.753. The fourth-order valence-corrected chi connectivity index (χ4v) is 2.35. The molecule has 1 heterocycles. The molecular formula is C13H16ClFN2O2. The summed E-state index contributed by atoms with van der Waals surface area (Å²) in [4.78, 5) is 15.1. The predicted octanol–water partition coefficient (Wildman–Crippen LogP) is 1.12. The Morgan fingerprint density at radius 2 is 2.00 bits per heavy atom. The maximum atomic E-state index is 13.3. The van der Waals surface area contributed by atoms with Crippen LogP contribution in [-0.2, 0) is 11.3 Å². The van der Waals surface area contributed by atoms with Gasteiger partial charge in [-0.05, 0) is 11.6 Å². The zero-order valence-electron chi connectivity index (χ0n) is 10.5. The van der Waals surface area contributed by atoms with Gasteiger partial charge in [-0.1, -0.05) is 23.7 Å². The lowest BCUT2D eigenvalue weighted by Crippen LogP contribution is -2.49. The molecule has 4 nitrogen and oxygen atoms in total. The van der Waals surface area contributed by atoms with E-state index < -0.39 is 12.4 Å². The van der Waals surface area contributed by atoms with Crippen molar-refractivity contribution < 1.29 is 14.3 Å². The molecule has 0 bridgehead atoms. The SMILES string of the molecule is O=C(CO)N1CCN(Cc2cccc(F)c2Cl)CC1. The topological polar surface area (TPSA) is 43.8 Å². The molecule has 0 aromatic heterocycles. The fraction of sp³-hybridized carbons (Fsp3) is 0.462. The molecule has 0 saturated carbocycles. The molecular weight excluding hydrogens is 271 g/mol. The molecule has 0 aliphatic carbocycles. The lowest BCUT2D eigenvalue weighted by Gasteiger charge is -2.34. The maximum absolute atomic E-state index is 13.3. The minimum atomic E-state index is -0.449. The molecule has 0 radical (unpaired) electrons. The van der Waals surface area contributed by atoms with E-state index in [1.807, 2.05) is 0 Å². The van der Waals surface area contributed by atoms with E-state index in [1.54, 1.807) is 17.0 Å². The van der Waals surface area contributed by atoms with Crippen LogP contribution in [0.15, 0.2) is 18.2 Å². The summed E-state index contributed by atoms with van der Waals surface area (Å²) in [6.45, 7) is 2.66. The Kier molecular flexibility index (Phi) is 4.74. The highest BCUT2D eigenvalue weighted by Gasteiger charge is 2.21. The second-order valence-electron chi connectivity index (χ2n) is 4.53. The van der Waals surface area contributed by atoms with E-state index in [2.05, 4.69) is 4.90 Å². The second-order valence-corrected chi connectivity index (χ2v) is 4.91. The van der Waals surface area contributed by atoms with Crippen LogP contribution in [0.3, 0.4) is 0 Å². The van der Waals surface area contributed by atoms with Gasteiger partial charge in [0.15, 0.2) is 0 Å². The Morgan fingerprint density at radius 3 is 2.63 bits per heavy atom. The average molecular weight is 287 g/mol. The van der Waals surface area contributed by atoms with Gasteiger partial charge in [0.05, 0.1) is 5.02 Å². The van der Waals surface area contributed by atoms with Gasteiger partial charge in [0, 0.05) is 32.7 Å². The van der Waals surface area contributed by atoms with Crippen molar-refractivity contribution in [3.63, 3.8) is 0 Å². The summed E-state index contributed by atoms with van der Waals surface area (Å²) >= 11 is 5.91. The van der Waals surface area contributed by atoms with Crippen LogP contribution < -0.4 is 0 Å². The average Bonchev–Trinajstić information content (AvgIpc) is 2.44. The third kappa shape index (κ3) is 3.43. The third-order valence-electron chi connectivity index (χ3n) is 3.29. The van der Waals surface area contributed by atoms with E-state index in [0.717, 1.165) is 5.56 Å². The van der Waals surface area contributed by atoms with E-state index >= 15 is 0 Å². The first-order valence-corrected chi connectivity index (χ1v) is 6.53. The van der Waals surface area contributed by atoms with Gasteiger partial charge in [-0.2, -0.15) is 0 Å². The first kappa shape index (κ1) is 14.2. The lowest BCUT2D eigenvalue weighted by atomic mass is 10.2. The lowest BCUT2D eigenvalue weighted by molar-refractivity contribution is -0.135. The number of hydrogen-bond donors (Lipinski definition) is 1. The van der Waals surface area contributed by atoms with Crippen molar-refractivity contribution in [1.82, 2.24) is 9.80 Å². The molecule has 104 valence electrons. The molecule has 6 heteroatoms. The minimum Gasteiger partial charge on any atom is -0.387 e. The first-order valence-electron chi connectivity index (χ1n) is 6.15. The summed E-state index contributed by atoms with van der Waals surface area (Å²) in [6, 6.07) is 4.78. The standard InChI is InChI=1S/C13H16ClFN2O2/c14-13-10(2-1-3-11(13)15)8-16-4-6-17(7-5-16)12(19)9-18/h1-3,18H,4-9H2. The third-order valence-corrected chi connectivity index (χ3v) is 3.71. The zero-order valence-corrected chi connectivity index (χ0v) is 11.2. The number of amides is 1. The van der Waals surface area contributed by atoms with Crippen molar-refractivity contribution in [2.45, 2.75) is 6.54 Å². The van der Waals surface area contributed by atoms with Crippen LogP contribution in [0.2, 0.25) is 5.02 Å². The number of carbonyl (C=O) groups excluding carboxylic acids is 1. The first-order chi connectivity index (χ1) is 9.11. The Morgan fingerprint density at radius 1 is 1.32 bits per heavy atom.